The molecule has 0 aliphatic rings. The SMILES string of the molecule is Nc1cc(CO)cc(-c2ccc(C(F)(F)F)cc2)c1. The number of aliphatic hydroxyl groups is 1. The molecule has 2 nitrogen and oxygen atoms in total. The Balaban J connectivity index is 2.40. The van der Waals surface area contributed by atoms with Gasteiger partial charge in [0.25, 0.3) is 0 Å². The molecule has 0 saturated carbocycles. The van der Waals surface area contributed by atoms with Crippen molar-refractivity contribution in [1.29, 1.82) is 0 Å². The van der Waals surface area contributed by atoms with E-state index in [4.69, 9.17) is 10.8 Å². The van der Waals surface area contributed by atoms with Crippen LogP contribution in [0.2, 0.25) is 0 Å². The fourth-order valence-electron chi connectivity index (χ4n) is 1.83. The fraction of sp³-hybridized carbons (Fsp3) is 0.143. The molecule has 19 heavy (non-hydrogen) atoms. The van der Waals surface area contributed by atoms with Gasteiger partial charge in [-0.05, 0) is 47.0 Å². The van der Waals surface area contributed by atoms with Gasteiger partial charge in [0.05, 0.1) is 12.2 Å². The molecule has 0 aromatic heterocycles. The lowest BCUT2D eigenvalue weighted by Gasteiger charge is -2.09. The monoisotopic (exact) mass is 267 g/mol. The smallest absolute Gasteiger partial charge is 0.399 e. The van der Waals surface area contributed by atoms with Crippen LogP contribution in [0.1, 0.15) is 11.1 Å². The van der Waals surface area contributed by atoms with Crippen molar-refractivity contribution in [2.24, 2.45) is 0 Å². The summed E-state index contributed by atoms with van der Waals surface area (Å²) in [6.45, 7) is -0.168. The van der Waals surface area contributed by atoms with Gasteiger partial charge in [-0.1, -0.05) is 12.1 Å². The van der Waals surface area contributed by atoms with E-state index in [1.165, 1.54) is 12.1 Å². The van der Waals surface area contributed by atoms with Gasteiger partial charge in [-0.3, -0.25) is 0 Å². The molecule has 0 radical (unpaired) electrons. The minimum atomic E-state index is -4.34. The van der Waals surface area contributed by atoms with Gasteiger partial charge in [0, 0.05) is 5.69 Å². The van der Waals surface area contributed by atoms with E-state index in [1.54, 1.807) is 18.2 Å². The molecular weight excluding hydrogens is 255 g/mol. The van der Waals surface area contributed by atoms with Crippen molar-refractivity contribution in [3.8, 4) is 11.1 Å². The molecule has 3 N–H and O–H groups in total. The number of rotatable bonds is 2. The second kappa shape index (κ2) is 4.93. The summed E-state index contributed by atoms with van der Waals surface area (Å²) in [5.74, 6) is 0. The van der Waals surface area contributed by atoms with Crippen molar-refractivity contribution >= 4 is 5.69 Å². The summed E-state index contributed by atoms with van der Waals surface area (Å²) in [4.78, 5) is 0. The zero-order chi connectivity index (χ0) is 14.0. The standard InChI is InChI=1S/C14H12F3NO/c15-14(16,17)12-3-1-10(2-4-12)11-5-9(8-19)6-13(18)7-11/h1-7,19H,8,18H2. The van der Waals surface area contributed by atoms with Crippen LogP contribution in [-0.2, 0) is 12.8 Å². The number of anilines is 1. The first-order chi connectivity index (χ1) is 8.90. The van der Waals surface area contributed by atoms with Gasteiger partial charge in [-0.15, -0.1) is 0 Å². The molecule has 0 aliphatic heterocycles. The van der Waals surface area contributed by atoms with E-state index < -0.39 is 11.7 Å². The van der Waals surface area contributed by atoms with Crippen LogP contribution < -0.4 is 5.73 Å². The molecule has 0 amide bonds. The average molecular weight is 267 g/mol. The van der Waals surface area contributed by atoms with Gasteiger partial charge in [-0.25, -0.2) is 0 Å². The molecule has 2 aromatic rings. The molecule has 100 valence electrons. The Hall–Kier alpha value is -2.01. The van der Waals surface area contributed by atoms with E-state index >= 15 is 0 Å². The first-order valence-corrected chi connectivity index (χ1v) is 5.58. The second-order valence-corrected chi connectivity index (χ2v) is 4.20. The quantitative estimate of drug-likeness (QED) is 0.819. The summed E-state index contributed by atoms with van der Waals surface area (Å²) in [5, 5.41) is 9.08. The number of hydrogen-bond acceptors (Lipinski definition) is 2. The van der Waals surface area contributed by atoms with Crippen molar-refractivity contribution in [3.63, 3.8) is 0 Å². The van der Waals surface area contributed by atoms with Gasteiger partial charge in [-0.2, -0.15) is 13.2 Å². The van der Waals surface area contributed by atoms with E-state index in [0.29, 0.717) is 22.4 Å². The predicted molar refractivity (Wildman–Crippen MR) is 67.2 cm³/mol. The second-order valence-electron chi connectivity index (χ2n) is 4.20. The highest BCUT2D eigenvalue weighted by Gasteiger charge is 2.29. The van der Waals surface area contributed by atoms with Crippen molar-refractivity contribution in [3.05, 3.63) is 53.6 Å². The average Bonchev–Trinajstić information content (AvgIpc) is 2.37. The van der Waals surface area contributed by atoms with Gasteiger partial charge in [0.1, 0.15) is 0 Å². The molecule has 0 aliphatic carbocycles. The zero-order valence-electron chi connectivity index (χ0n) is 9.91. The van der Waals surface area contributed by atoms with Crippen LogP contribution in [0.15, 0.2) is 42.5 Å². The number of hydrogen-bond donors (Lipinski definition) is 2. The first-order valence-electron chi connectivity index (χ1n) is 5.58. The molecule has 0 heterocycles. The maximum Gasteiger partial charge on any atom is 0.416 e. The van der Waals surface area contributed by atoms with Crippen molar-refractivity contribution < 1.29 is 18.3 Å². The zero-order valence-corrected chi connectivity index (χ0v) is 9.91. The summed E-state index contributed by atoms with van der Waals surface area (Å²) >= 11 is 0. The van der Waals surface area contributed by atoms with Crippen molar-refractivity contribution in [2.45, 2.75) is 12.8 Å². The lowest BCUT2D eigenvalue weighted by Crippen LogP contribution is -2.04. The molecule has 2 aromatic carbocycles. The van der Waals surface area contributed by atoms with E-state index in [-0.39, 0.29) is 6.61 Å². The predicted octanol–water partition coefficient (Wildman–Crippen LogP) is 3.45. The third-order valence-electron chi connectivity index (χ3n) is 2.74. The molecule has 0 atom stereocenters. The topological polar surface area (TPSA) is 46.2 Å². The summed E-state index contributed by atoms with van der Waals surface area (Å²) in [5.41, 5.74) is 7.37. The Labute approximate surface area is 108 Å². The van der Waals surface area contributed by atoms with Gasteiger partial charge in [0.2, 0.25) is 0 Å². The van der Waals surface area contributed by atoms with Crippen LogP contribution in [0.3, 0.4) is 0 Å². The maximum absolute atomic E-state index is 12.5. The third-order valence-corrected chi connectivity index (χ3v) is 2.74. The number of nitrogen functional groups attached to an aromatic ring is 1. The highest BCUT2D eigenvalue weighted by atomic mass is 19.4. The Bertz CT molecular complexity index is 576. The lowest BCUT2D eigenvalue weighted by molar-refractivity contribution is -0.137. The molecular formula is C14H12F3NO. The van der Waals surface area contributed by atoms with Crippen LogP contribution in [0, 0.1) is 0 Å². The van der Waals surface area contributed by atoms with E-state index in [2.05, 4.69) is 0 Å². The summed E-state index contributed by atoms with van der Waals surface area (Å²) in [6, 6.07) is 9.79. The minimum absolute atomic E-state index is 0.168. The van der Waals surface area contributed by atoms with Crippen LogP contribution in [0.4, 0.5) is 18.9 Å². The number of aliphatic hydroxyl groups excluding tert-OH is 1. The number of halogens is 3. The van der Waals surface area contributed by atoms with Gasteiger partial charge >= 0.3 is 6.18 Å². The third kappa shape index (κ3) is 3.06. The lowest BCUT2D eigenvalue weighted by atomic mass is 10.0. The Kier molecular flexibility index (Phi) is 3.48. The number of benzene rings is 2. The Morgan fingerprint density at radius 1 is 0.947 bits per heavy atom. The molecule has 5 heteroatoms. The minimum Gasteiger partial charge on any atom is -0.399 e. The molecule has 2 rings (SSSR count). The normalized spacial score (nSPS) is 11.6. The van der Waals surface area contributed by atoms with E-state index in [9.17, 15) is 13.2 Å². The maximum atomic E-state index is 12.5. The largest absolute Gasteiger partial charge is 0.416 e. The van der Waals surface area contributed by atoms with Crippen LogP contribution in [-0.4, -0.2) is 5.11 Å². The van der Waals surface area contributed by atoms with E-state index in [0.717, 1.165) is 12.1 Å². The summed E-state index contributed by atoms with van der Waals surface area (Å²) < 4.78 is 37.4. The molecule has 0 spiro atoms. The molecule has 0 fully saturated rings. The van der Waals surface area contributed by atoms with Crippen LogP contribution >= 0.6 is 0 Å². The van der Waals surface area contributed by atoms with Crippen LogP contribution in [0.25, 0.3) is 11.1 Å². The van der Waals surface area contributed by atoms with Gasteiger partial charge in [0.15, 0.2) is 0 Å². The summed E-state index contributed by atoms with van der Waals surface area (Å²) in [7, 11) is 0. The Morgan fingerprint density at radius 3 is 2.11 bits per heavy atom. The highest BCUT2D eigenvalue weighted by Crippen LogP contribution is 2.31. The van der Waals surface area contributed by atoms with Crippen molar-refractivity contribution in [1.82, 2.24) is 0 Å². The molecule has 0 saturated heterocycles. The highest BCUT2D eigenvalue weighted by molar-refractivity contribution is 5.68. The van der Waals surface area contributed by atoms with Gasteiger partial charge < -0.3 is 10.8 Å². The number of alkyl halides is 3. The Morgan fingerprint density at radius 2 is 1.58 bits per heavy atom. The fourth-order valence-corrected chi connectivity index (χ4v) is 1.83. The summed E-state index contributed by atoms with van der Waals surface area (Å²) in [6.07, 6.45) is -4.34. The molecule has 0 bridgehead atoms. The molecule has 0 unspecified atom stereocenters. The van der Waals surface area contributed by atoms with Crippen molar-refractivity contribution in [2.75, 3.05) is 5.73 Å². The number of nitrogens with two attached hydrogens (primary N) is 1. The van der Waals surface area contributed by atoms with E-state index in [1.807, 2.05) is 0 Å². The first kappa shape index (κ1) is 13.4. The van der Waals surface area contributed by atoms with Crippen LogP contribution in [0.5, 0.6) is 0 Å².